The van der Waals surface area contributed by atoms with Gasteiger partial charge >= 0.3 is 0 Å². The molecule has 0 amide bonds. The molecular formula is C23H32N6OS. The smallest absolute Gasteiger partial charge is 0.166 e. The predicted octanol–water partition coefficient (Wildman–Crippen LogP) is 3.82. The van der Waals surface area contributed by atoms with Gasteiger partial charge in [0.2, 0.25) is 0 Å². The fourth-order valence-electron chi connectivity index (χ4n) is 3.55. The van der Waals surface area contributed by atoms with Crippen molar-refractivity contribution in [1.29, 1.82) is 0 Å². The molecular weight excluding hydrogens is 408 g/mol. The van der Waals surface area contributed by atoms with Crippen LogP contribution in [0.15, 0.2) is 81.6 Å². The van der Waals surface area contributed by atoms with E-state index in [9.17, 15) is 0 Å². The van der Waals surface area contributed by atoms with E-state index in [1.807, 2.05) is 39.0 Å². The second-order valence-corrected chi connectivity index (χ2v) is 8.94. The number of hydrogen-bond acceptors (Lipinski definition) is 8. The number of ether oxygens (including phenoxy) is 1. The summed E-state index contributed by atoms with van der Waals surface area (Å²) in [5, 5.41) is 9.95. The van der Waals surface area contributed by atoms with Crippen LogP contribution in [0.1, 0.15) is 34.1 Å². The van der Waals surface area contributed by atoms with Gasteiger partial charge in [-0.15, -0.1) is 22.4 Å². The first-order valence-corrected chi connectivity index (χ1v) is 11.4. The molecule has 4 N–H and O–H groups in total. The number of hydrazone groups is 1. The number of hydrogen-bond donors (Lipinski definition) is 4. The summed E-state index contributed by atoms with van der Waals surface area (Å²) < 4.78 is 5.77. The fraction of sp³-hybridized carbons (Fsp3) is 0.391. The van der Waals surface area contributed by atoms with Gasteiger partial charge in [0.1, 0.15) is 5.84 Å². The largest absolute Gasteiger partial charge is 0.376 e. The van der Waals surface area contributed by atoms with Gasteiger partial charge in [0.05, 0.1) is 23.8 Å². The van der Waals surface area contributed by atoms with Crippen LogP contribution in [0.3, 0.4) is 0 Å². The highest BCUT2D eigenvalue weighted by atomic mass is 32.2. The number of allylic oxidation sites excluding steroid dienone is 3. The van der Waals surface area contributed by atoms with E-state index in [-0.39, 0.29) is 23.4 Å². The third-order valence-electron chi connectivity index (χ3n) is 4.93. The Morgan fingerprint density at radius 2 is 2.19 bits per heavy atom. The topological polar surface area (TPSA) is 82.1 Å². The van der Waals surface area contributed by atoms with Crippen LogP contribution in [-0.4, -0.2) is 29.1 Å². The molecule has 0 aromatic carbocycles. The van der Waals surface area contributed by atoms with E-state index in [4.69, 9.17) is 9.73 Å². The lowest BCUT2D eigenvalue weighted by atomic mass is 9.92. The lowest BCUT2D eigenvalue weighted by Crippen LogP contribution is -2.37. The third-order valence-corrected chi connectivity index (χ3v) is 6.08. The number of nitrogens with zero attached hydrogens (tertiary/aromatic N) is 2. The molecule has 0 radical (unpaired) electrons. The van der Waals surface area contributed by atoms with Crippen LogP contribution in [-0.2, 0) is 4.74 Å². The van der Waals surface area contributed by atoms with Crippen molar-refractivity contribution in [2.24, 2.45) is 16.0 Å². The lowest BCUT2D eigenvalue weighted by molar-refractivity contribution is 0.0209. The minimum absolute atomic E-state index is 0.161. The van der Waals surface area contributed by atoms with Gasteiger partial charge in [-0.3, -0.25) is 5.43 Å². The number of hydrazine groups is 2. The molecule has 3 aliphatic heterocycles. The molecule has 0 aromatic heterocycles. The summed E-state index contributed by atoms with van der Waals surface area (Å²) >= 11 is 1.79. The van der Waals surface area contributed by atoms with Gasteiger partial charge in [0, 0.05) is 10.9 Å². The summed E-state index contributed by atoms with van der Waals surface area (Å²) in [4.78, 5) is 4.94. The monoisotopic (exact) mass is 440 g/mol. The van der Waals surface area contributed by atoms with Crippen molar-refractivity contribution in [3.05, 3.63) is 71.5 Å². The number of thioether (sulfide) groups is 1. The summed E-state index contributed by atoms with van der Waals surface area (Å²) in [6, 6.07) is 0. The molecule has 3 atom stereocenters. The summed E-state index contributed by atoms with van der Waals surface area (Å²) in [5.74, 6) is 1.77. The molecule has 3 aliphatic rings. The maximum atomic E-state index is 5.77. The zero-order valence-electron chi connectivity index (χ0n) is 18.6. The molecule has 0 spiro atoms. The van der Waals surface area contributed by atoms with Crippen LogP contribution in [0, 0.1) is 5.92 Å². The summed E-state index contributed by atoms with van der Waals surface area (Å²) in [6.07, 6.45) is 11.4. The first-order chi connectivity index (χ1) is 14.9. The van der Waals surface area contributed by atoms with Gasteiger partial charge < -0.3 is 10.1 Å². The maximum absolute atomic E-state index is 5.77. The highest BCUT2D eigenvalue weighted by Crippen LogP contribution is 2.41. The Morgan fingerprint density at radius 1 is 1.39 bits per heavy atom. The van der Waals surface area contributed by atoms with Crippen molar-refractivity contribution in [2.45, 2.75) is 51.6 Å². The molecule has 0 saturated carbocycles. The number of aliphatic imine (C=N–C) groups is 1. The molecule has 3 heterocycles. The molecule has 3 rings (SSSR count). The zero-order valence-corrected chi connectivity index (χ0v) is 19.4. The second kappa shape index (κ2) is 10.7. The average molecular weight is 441 g/mol. The number of fused-ring (bicyclic) bond motifs is 1. The van der Waals surface area contributed by atoms with Crippen molar-refractivity contribution in [2.75, 3.05) is 0 Å². The molecule has 166 valence electrons. The first kappa shape index (κ1) is 23.1. The number of nitrogens with one attached hydrogen (secondary N) is 4. The highest BCUT2D eigenvalue weighted by molar-refractivity contribution is 8.03. The van der Waals surface area contributed by atoms with Gasteiger partial charge in [-0.25, -0.2) is 10.5 Å². The van der Waals surface area contributed by atoms with E-state index < -0.39 is 0 Å². The molecule has 7 nitrogen and oxygen atoms in total. The van der Waals surface area contributed by atoms with Crippen molar-refractivity contribution in [3.63, 3.8) is 0 Å². The molecule has 0 saturated heterocycles. The zero-order chi connectivity index (χ0) is 22.4. The van der Waals surface area contributed by atoms with E-state index in [1.165, 1.54) is 0 Å². The van der Waals surface area contributed by atoms with Crippen LogP contribution in [0.5, 0.6) is 0 Å². The Morgan fingerprint density at radius 3 is 2.87 bits per heavy atom. The summed E-state index contributed by atoms with van der Waals surface area (Å²) in [5.41, 5.74) is 12.2. The van der Waals surface area contributed by atoms with Crippen LogP contribution in [0.2, 0.25) is 0 Å². The maximum Gasteiger partial charge on any atom is 0.166 e. The van der Waals surface area contributed by atoms with Gasteiger partial charge in [0.15, 0.2) is 5.84 Å². The van der Waals surface area contributed by atoms with Gasteiger partial charge in [-0.1, -0.05) is 31.4 Å². The van der Waals surface area contributed by atoms with Crippen LogP contribution in [0.4, 0.5) is 0 Å². The molecule has 0 fully saturated rings. The molecule has 0 aromatic rings. The standard InChI is InChI=1S/C23H32N6OS/c1-7-18-20(13-15(4)22-26-28-29-27-22)25-23(19-11-12-31-21(18)19)24-16(5)9-8-10-17(6)30-14(2)3/h7-9,11-14,17,19,21,28-29H,1,5,10H2,2-4,6H3,(H,24,25)(H,26,27)/b9-8-,15-13+. The molecule has 8 heteroatoms. The SMILES string of the molecule is C=CC1=C(/C=C(\C)C2=NNNN2)N=C(NC(=C)/C=C\CC(C)OC(C)C)C2C=CSC12. The van der Waals surface area contributed by atoms with E-state index in [0.29, 0.717) is 0 Å². The Bertz CT molecular complexity index is 896. The van der Waals surface area contributed by atoms with Gasteiger partial charge in [-0.2, -0.15) is 0 Å². The minimum Gasteiger partial charge on any atom is -0.376 e. The molecule has 31 heavy (non-hydrogen) atoms. The summed E-state index contributed by atoms with van der Waals surface area (Å²) in [7, 11) is 0. The van der Waals surface area contributed by atoms with Crippen LogP contribution >= 0.6 is 11.8 Å². The van der Waals surface area contributed by atoms with E-state index >= 15 is 0 Å². The normalized spacial score (nSPS) is 24.0. The quantitative estimate of drug-likeness (QED) is 0.408. The first-order valence-electron chi connectivity index (χ1n) is 10.5. The van der Waals surface area contributed by atoms with Crippen molar-refractivity contribution in [1.82, 2.24) is 21.8 Å². The third kappa shape index (κ3) is 6.00. The Hall–Kier alpha value is -2.55. The number of rotatable bonds is 9. The second-order valence-electron chi connectivity index (χ2n) is 7.89. The van der Waals surface area contributed by atoms with Crippen LogP contribution < -0.4 is 21.8 Å². The van der Waals surface area contributed by atoms with E-state index in [1.54, 1.807) is 11.8 Å². The minimum atomic E-state index is 0.161. The summed E-state index contributed by atoms with van der Waals surface area (Å²) in [6.45, 7) is 16.4. The van der Waals surface area contributed by atoms with E-state index in [2.05, 4.69) is 64.6 Å². The van der Waals surface area contributed by atoms with Crippen LogP contribution in [0.25, 0.3) is 0 Å². The number of amidine groups is 2. The molecule has 0 bridgehead atoms. The Labute approximate surface area is 189 Å². The van der Waals surface area contributed by atoms with E-state index in [0.717, 1.165) is 40.6 Å². The average Bonchev–Trinajstić information content (AvgIpc) is 3.40. The fourth-order valence-corrected chi connectivity index (χ4v) is 4.73. The van der Waals surface area contributed by atoms with Crippen molar-refractivity contribution < 1.29 is 4.74 Å². The van der Waals surface area contributed by atoms with Gasteiger partial charge in [0.25, 0.3) is 0 Å². The van der Waals surface area contributed by atoms with Gasteiger partial charge in [-0.05, 0) is 62.8 Å². The predicted molar refractivity (Wildman–Crippen MR) is 131 cm³/mol. The molecule has 0 aliphatic carbocycles. The Kier molecular flexibility index (Phi) is 7.95. The molecule has 3 unspecified atom stereocenters. The van der Waals surface area contributed by atoms with Crippen molar-refractivity contribution in [3.8, 4) is 0 Å². The highest BCUT2D eigenvalue weighted by Gasteiger charge is 2.35. The lowest BCUT2D eigenvalue weighted by Gasteiger charge is -2.28. The Balaban J connectivity index is 1.76. The van der Waals surface area contributed by atoms with Crippen molar-refractivity contribution >= 4 is 23.4 Å².